The van der Waals surface area contributed by atoms with E-state index in [1.165, 1.54) is 0 Å². The van der Waals surface area contributed by atoms with Crippen LogP contribution in [-0.4, -0.2) is 5.11 Å². The number of para-hydroxylation sites is 1. The first-order valence-electron chi connectivity index (χ1n) is 6.25. The molecule has 1 aromatic heterocycles. The van der Waals surface area contributed by atoms with Gasteiger partial charge in [-0.25, -0.2) is 0 Å². The molecule has 0 bridgehead atoms. The van der Waals surface area contributed by atoms with Crippen molar-refractivity contribution in [1.29, 1.82) is 0 Å². The first kappa shape index (κ1) is 11.8. The maximum Gasteiger partial charge on any atom is 0.134 e. The molecular weight excluding hydrogens is 238 g/mol. The van der Waals surface area contributed by atoms with Gasteiger partial charge in [0, 0.05) is 23.2 Å². The minimum atomic E-state index is 0.0597. The number of anilines is 1. The van der Waals surface area contributed by atoms with Crippen LogP contribution in [0.2, 0.25) is 0 Å². The lowest BCUT2D eigenvalue weighted by molar-refractivity contribution is 0.282. The van der Waals surface area contributed by atoms with Crippen molar-refractivity contribution in [2.24, 2.45) is 0 Å². The molecule has 3 heteroatoms. The minimum absolute atomic E-state index is 0.0597. The van der Waals surface area contributed by atoms with Crippen molar-refractivity contribution >= 4 is 16.7 Å². The topological polar surface area (TPSA) is 45.4 Å². The second-order valence-corrected chi connectivity index (χ2v) is 4.47. The number of nitrogens with one attached hydrogen (secondary N) is 1. The number of aliphatic hydroxyl groups excluding tert-OH is 1. The summed E-state index contributed by atoms with van der Waals surface area (Å²) in [4.78, 5) is 0. The van der Waals surface area contributed by atoms with Gasteiger partial charge in [0.05, 0.1) is 12.9 Å². The van der Waals surface area contributed by atoms with Crippen LogP contribution in [0.15, 0.2) is 59.2 Å². The fraction of sp³-hybridized carbons (Fsp3) is 0.125. The van der Waals surface area contributed by atoms with Gasteiger partial charge in [0.25, 0.3) is 0 Å². The Kier molecular flexibility index (Phi) is 3.21. The Labute approximate surface area is 111 Å². The lowest BCUT2D eigenvalue weighted by atomic mass is 10.1. The highest BCUT2D eigenvalue weighted by Gasteiger charge is 2.04. The molecule has 0 aliphatic rings. The summed E-state index contributed by atoms with van der Waals surface area (Å²) in [6, 6.07) is 15.8. The van der Waals surface area contributed by atoms with Crippen molar-refractivity contribution in [2.45, 2.75) is 13.2 Å². The Morgan fingerprint density at radius 3 is 2.84 bits per heavy atom. The van der Waals surface area contributed by atoms with Gasteiger partial charge in [0.15, 0.2) is 0 Å². The van der Waals surface area contributed by atoms with Crippen molar-refractivity contribution in [3.63, 3.8) is 0 Å². The van der Waals surface area contributed by atoms with E-state index in [1.807, 2.05) is 42.5 Å². The fourth-order valence-corrected chi connectivity index (χ4v) is 2.15. The van der Waals surface area contributed by atoms with Gasteiger partial charge in [0.2, 0.25) is 0 Å². The maximum absolute atomic E-state index is 9.11. The summed E-state index contributed by atoms with van der Waals surface area (Å²) < 4.78 is 5.50. The molecule has 0 amide bonds. The monoisotopic (exact) mass is 253 g/mol. The Morgan fingerprint density at radius 2 is 1.95 bits per heavy atom. The van der Waals surface area contributed by atoms with Crippen molar-refractivity contribution in [2.75, 3.05) is 5.32 Å². The first-order valence-corrected chi connectivity index (χ1v) is 6.25. The Morgan fingerprint density at radius 1 is 1.05 bits per heavy atom. The van der Waals surface area contributed by atoms with Gasteiger partial charge in [-0.15, -0.1) is 0 Å². The second-order valence-electron chi connectivity index (χ2n) is 4.47. The smallest absolute Gasteiger partial charge is 0.134 e. The number of furan rings is 1. The van der Waals surface area contributed by atoms with Gasteiger partial charge in [0.1, 0.15) is 5.58 Å². The summed E-state index contributed by atoms with van der Waals surface area (Å²) in [5, 5.41) is 13.6. The Hall–Kier alpha value is -2.26. The molecule has 0 aliphatic heterocycles. The van der Waals surface area contributed by atoms with Crippen molar-refractivity contribution < 1.29 is 9.52 Å². The quantitative estimate of drug-likeness (QED) is 0.747. The van der Waals surface area contributed by atoms with Crippen molar-refractivity contribution in [3.8, 4) is 0 Å². The summed E-state index contributed by atoms with van der Waals surface area (Å²) in [6.07, 6.45) is 1.79. The van der Waals surface area contributed by atoms with E-state index in [4.69, 9.17) is 9.52 Å². The van der Waals surface area contributed by atoms with Crippen LogP contribution < -0.4 is 5.32 Å². The van der Waals surface area contributed by atoms with Gasteiger partial charge in [-0.05, 0) is 23.8 Å². The number of hydrogen-bond donors (Lipinski definition) is 2. The highest BCUT2D eigenvalue weighted by molar-refractivity contribution is 5.81. The highest BCUT2D eigenvalue weighted by atomic mass is 16.3. The van der Waals surface area contributed by atoms with E-state index in [0.717, 1.165) is 27.8 Å². The largest absolute Gasteiger partial charge is 0.464 e. The normalized spacial score (nSPS) is 10.8. The lowest BCUT2D eigenvalue weighted by Crippen LogP contribution is -1.99. The van der Waals surface area contributed by atoms with Crippen LogP contribution >= 0.6 is 0 Å². The van der Waals surface area contributed by atoms with Gasteiger partial charge in [-0.2, -0.15) is 0 Å². The number of hydrogen-bond acceptors (Lipinski definition) is 3. The van der Waals surface area contributed by atoms with Crippen LogP contribution in [0, 0.1) is 0 Å². The molecule has 3 rings (SSSR count). The third-order valence-electron chi connectivity index (χ3n) is 3.15. The highest BCUT2D eigenvalue weighted by Crippen LogP contribution is 2.21. The number of aliphatic hydroxyl groups is 1. The molecule has 19 heavy (non-hydrogen) atoms. The number of fused-ring (bicyclic) bond motifs is 1. The van der Waals surface area contributed by atoms with Crippen molar-refractivity contribution in [1.82, 2.24) is 0 Å². The molecule has 0 atom stereocenters. The van der Waals surface area contributed by atoms with E-state index in [2.05, 4.69) is 11.4 Å². The summed E-state index contributed by atoms with van der Waals surface area (Å²) >= 11 is 0. The zero-order chi connectivity index (χ0) is 13.1. The van der Waals surface area contributed by atoms with Crippen LogP contribution in [0.1, 0.15) is 11.1 Å². The maximum atomic E-state index is 9.11. The predicted octanol–water partition coefficient (Wildman–Crippen LogP) is 3.54. The average molecular weight is 253 g/mol. The van der Waals surface area contributed by atoms with Gasteiger partial charge in [-0.1, -0.05) is 30.3 Å². The molecule has 3 nitrogen and oxygen atoms in total. The van der Waals surface area contributed by atoms with Gasteiger partial charge >= 0.3 is 0 Å². The summed E-state index contributed by atoms with van der Waals surface area (Å²) in [6.45, 7) is 0.760. The number of benzene rings is 2. The lowest BCUT2D eigenvalue weighted by Gasteiger charge is -2.06. The van der Waals surface area contributed by atoms with Crippen LogP contribution in [0.4, 0.5) is 5.69 Å². The molecule has 0 unspecified atom stereocenters. The van der Waals surface area contributed by atoms with Gasteiger partial charge in [-0.3, -0.25) is 0 Å². The summed E-state index contributed by atoms with van der Waals surface area (Å²) in [7, 11) is 0. The molecule has 2 N–H and O–H groups in total. The molecule has 0 saturated carbocycles. The summed E-state index contributed by atoms with van der Waals surface area (Å²) in [5.74, 6) is 0. The minimum Gasteiger partial charge on any atom is -0.464 e. The fourth-order valence-electron chi connectivity index (χ4n) is 2.15. The zero-order valence-electron chi connectivity index (χ0n) is 10.5. The van der Waals surface area contributed by atoms with Crippen LogP contribution in [0.25, 0.3) is 11.0 Å². The second kappa shape index (κ2) is 5.16. The third kappa shape index (κ3) is 2.46. The molecular formula is C16H15NO2. The molecule has 0 saturated heterocycles. The van der Waals surface area contributed by atoms with Crippen LogP contribution in [0.3, 0.4) is 0 Å². The van der Waals surface area contributed by atoms with Gasteiger partial charge < -0.3 is 14.8 Å². The Bertz CT molecular complexity index is 688. The average Bonchev–Trinajstić information content (AvgIpc) is 2.89. The van der Waals surface area contributed by atoms with Crippen LogP contribution in [0.5, 0.6) is 0 Å². The molecule has 0 aliphatic carbocycles. The Balaban J connectivity index is 1.78. The molecule has 1 heterocycles. The van der Waals surface area contributed by atoms with E-state index >= 15 is 0 Å². The van der Waals surface area contributed by atoms with Crippen molar-refractivity contribution in [3.05, 3.63) is 65.9 Å². The summed E-state index contributed by atoms with van der Waals surface area (Å²) in [5.41, 5.74) is 3.94. The van der Waals surface area contributed by atoms with E-state index < -0.39 is 0 Å². The van der Waals surface area contributed by atoms with E-state index in [9.17, 15) is 0 Å². The predicted molar refractivity (Wildman–Crippen MR) is 75.9 cm³/mol. The number of rotatable bonds is 4. The molecule has 2 aromatic carbocycles. The zero-order valence-corrected chi connectivity index (χ0v) is 10.5. The molecule has 0 fully saturated rings. The SMILES string of the molecule is OCc1cccc(NCc2coc3ccccc23)c1. The first-order chi connectivity index (χ1) is 9.36. The van der Waals surface area contributed by atoms with Crippen LogP contribution in [-0.2, 0) is 13.2 Å². The van der Waals surface area contributed by atoms with E-state index in [0.29, 0.717) is 6.54 Å². The van der Waals surface area contributed by atoms with E-state index in [-0.39, 0.29) is 6.61 Å². The third-order valence-corrected chi connectivity index (χ3v) is 3.15. The molecule has 0 spiro atoms. The molecule has 96 valence electrons. The van der Waals surface area contributed by atoms with E-state index in [1.54, 1.807) is 6.26 Å². The molecule has 3 aromatic rings. The molecule has 0 radical (unpaired) electrons. The standard InChI is InChI=1S/C16H15NO2/c18-10-12-4-3-5-14(8-12)17-9-13-11-19-16-7-2-1-6-15(13)16/h1-8,11,17-18H,9-10H2.